The van der Waals surface area contributed by atoms with Gasteiger partial charge in [-0.2, -0.15) is 0 Å². The Labute approximate surface area is 115 Å². The Morgan fingerprint density at radius 2 is 2.11 bits per heavy atom. The third kappa shape index (κ3) is 5.85. The largest absolute Gasteiger partial charge is 0.392 e. The first-order chi connectivity index (χ1) is 9.17. The highest BCUT2D eigenvalue weighted by molar-refractivity contribution is 5.81. The maximum atomic E-state index is 11.7. The standard InChI is InChI=1S/C15H24N2O2/c1-3-4-8-16-15(19)12(2)17-10-13-6-5-7-14(9-13)11-18/h5-7,9,12,17-18H,3-4,8,10-11H2,1-2H3,(H,16,19). The molecule has 0 saturated carbocycles. The van der Waals surface area contributed by atoms with Crippen LogP contribution in [0.5, 0.6) is 0 Å². The molecule has 0 heterocycles. The molecular formula is C15H24N2O2. The van der Waals surface area contributed by atoms with Gasteiger partial charge in [-0.15, -0.1) is 0 Å². The molecule has 1 atom stereocenters. The van der Waals surface area contributed by atoms with Crippen LogP contribution < -0.4 is 10.6 Å². The van der Waals surface area contributed by atoms with E-state index >= 15 is 0 Å². The van der Waals surface area contributed by atoms with E-state index in [4.69, 9.17) is 5.11 Å². The van der Waals surface area contributed by atoms with Gasteiger partial charge in [-0.05, 0) is 24.5 Å². The Morgan fingerprint density at radius 1 is 1.37 bits per heavy atom. The molecule has 0 aliphatic carbocycles. The monoisotopic (exact) mass is 264 g/mol. The molecule has 106 valence electrons. The summed E-state index contributed by atoms with van der Waals surface area (Å²) >= 11 is 0. The van der Waals surface area contributed by atoms with E-state index < -0.39 is 0 Å². The minimum atomic E-state index is -0.213. The van der Waals surface area contributed by atoms with E-state index in [1.807, 2.05) is 31.2 Å². The van der Waals surface area contributed by atoms with E-state index in [-0.39, 0.29) is 18.6 Å². The van der Waals surface area contributed by atoms with E-state index in [0.717, 1.165) is 30.5 Å². The van der Waals surface area contributed by atoms with E-state index in [1.54, 1.807) is 0 Å². The quantitative estimate of drug-likeness (QED) is 0.625. The Kier molecular flexibility index (Phi) is 7.15. The fourth-order valence-electron chi connectivity index (χ4n) is 1.74. The molecule has 0 aromatic heterocycles. The molecule has 0 spiro atoms. The van der Waals surface area contributed by atoms with Crippen molar-refractivity contribution in [1.82, 2.24) is 10.6 Å². The van der Waals surface area contributed by atoms with Crippen LogP contribution in [0.4, 0.5) is 0 Å². The lowest BCUT2D eigenvalue weighted by molar-refractivity contribution is -0.122. The molecule has 1 aromatic rings. The van der Waals surface area contributed by atoms with Crippen LogP contribution in [0.3, 0.4) is 0 Å². The van der Waals surface area contributed by atoms with Crippen molar-refractivity contribution in [1.29, 1.82) is 0 Å². The zero-order valence-corrected chi connectivity index (χ0v) is 11.8. The number of aliphatic hydroxyl groups is 1. The van der Waals surface area contributed by atoms with Crippen molar-refractivity contribution in [3.05, 3.63) is 35.4 Å². The summed E-state index contributed by atoms with van der Waals surface area (Å²) in [7, 11) is 0. The normalized spacial score (nSPS) is 12.2. The Bertz CT molecular complexity index is 393. The number of unbranched alkanes of at least 4 members (excludes halogenated alkanes) is 1. The second kappa shape index (κ2) is 8.67. The van der Waals surface area contributed by atoms with Crippen LogP contribution in [0.1, 0.15) is 37.8 Å². The lowest BCUT2D eigenvalue weighted by Crippen LogP contribution is -2.42. The van der Waals surface area contributed by atoms with Gasteiger partial charge >= 0.3 is 0 Å². The fourth-order valence-corrected chi connectivity index (χ4v) is 1.74. The Balaban J connectivity index is 2.36. The predicted octanol–water partition coefficient (Wildman–Crippen LogP) is 1.57. The molecule has 1 unspecified atom stereocenters. The second-order valence-corrected chi connectivity index (χ2v) is 4.73. The highest BCUT2D eigenvalue weighted by atomic mass is 16.3. The van der Waals surface area contributed by atoms with E-state index in [0.29, 0.717) is 6.54 Å². The van der Waals surface area contributed by atoms with Crippen molar-refractivity contribution in [2.24, 2.45) is 0 Å². The molecule has 1 aromatic carbocycles. The van der Waals surface area contributed by atoms with Crippen LogP contribution in [-0.2, 0) is 17.9 Å². The van der Waals surface area contributed by atoms with Crippen molar-refractivity contribution < 1.29 is 9.90 Å². The molecule has 0 fully saturated rings. The summed E-state index contributed by atoms with van der Waals surface area (Å²) in [5.41, 5.74) is 1.96. The SMILES string of the molecule is CCCCNC(=O)C(C)NCc1cccc(CO)c1. The molecule has 0 aliphatic heterocycles. The van der Waals surface area contributed by atoms with Gasteiger partial charge in [-0.25, -0.2) is 0 Å². The number of amides is 1. The molecule has 1 rings (SSSR count). The number of rotatable bonds is 8. The number of nitrogens with one attached hydrogen (secondary N) is 2. The van der Waals surface area contributed by atoms with Crippen molar-refractivity contribution >= 4 is 5.91 Å². The average Bonchev–Trinajstić information content (AvgIpc) is 2.45. The summed E-state index contributed by atoms with van der Waals surface area (Å²) in [6.07, 6.45) is 2.09. The Morgan fingerprint density at radius 3 is 2.79 bits per heavy atom. The molecular weight excluding hydrogens is 240 g/mol. The number of carbonyl (C=O) groups is 1. The lowest BCUT2D eigenvalue weighted by Gasteiger charge is -2.14. The minimum Gasteiger partial charge on any atom is -0.392 e. The van der Waals surface area contributed by atoms with Crippen LogP contribution in [0, 0.1) is 0 Å². The topological polar surface area (TPSA) is 61.4 Å². The minimum absolute atomic E-state index is 0.0340. The second-order valence-electron chi connectivity index (χ2n) is 4.73. The molecule has 3 N–H and O–H groups in total. The third-order valence-electron chi connectivity index (χ3n) is 3.01. The number of aliphatic hydroxyl groups excluding tert-OH is 1. The van der Waals surface area contributed by atoms with Gasteiger partial charge in [-0.3, -0.25) is 4.79 Å². The number of hydrogen-bond donors (Lipinski definition) is 3. The maximum absolute atomic E-state index is 11.7. The maximum Gasteiger partial charge on any atom is 0.236 e. The number of hydrogen-bond acceptors (Lipinski definition) is 3. The highest BCUT2D eigenvalue weighted by Gasteiger charge is 2.10. The summed E-state index contributed by atoms with van der Waals surface area (Å²) in [5, 5.41) is 15.1. The zero-order valence-electron chi connectivity index (χ0n) is 11.8. The molecule has 0 aliphatic rings. The zero-order chi connectivity index (χ0) is 14.1. The van der Waals surface area contributed by atoms with Gasteiger partial charge in [-0.1, -0.05) is 37.6 Å². The molecule has 19 heavy (non-hydrogen) atoms. The smallest absolute Gasteiger partial charge is 0.236 e. The number of benzene rings is 1. The van der Waals surface area contributed by atoms with Crippen molar-refractivity contribution in [2.75, 3.05) is 6.54 Å². The summed E-state index contributed by atoms with van der Waals surface area (Å²) in [6.45, 7) is 5.36. The van der Waals surface area contributed by atoms with Gasteiger partial charge in [0.2, 0.25) is 5.91 Å². The fraction of sp³-hybridized carbons (Fsp3) is 0.533. The first-order valence-electron chi connectivity index (χ1n) is 6.87. The lowest BCUT2D eigenvalue weighted by atomic mass is 10.1. The number of carbonyl (C=O) groups excluding carboxylic acids is 1. The van der Waals surface area contributed by atoms with Gasteiger partial charge in [0.05, 0.1) is 12.6 Å². The van der Waals surface area contributed by atoms with Gasteiger partial charge in [0.1, 0.15) is 0 Å². The Hall–Kier alpha value is -1.39. The van der Waals surface area contributed by atoms with Crippen LogP contribution in [0.15, 0.2) is 24.3 Å². The third-order valence-corrected chi connectivity index (χ3v) is 3.01. The molecule has 4 nitrogen and oxygen atoms in total. The van der Waals surface area contributed by atoms with Crippen molar-refractivity contribution in [3.63, 3.8) is 0 Å². The van der Waals surface area contributed by atoms with Crippen LogP contribution >= 0.6 is 0 Å². The van der Waals surface area contributed by atoms with Gasteiger partial charge in [0, 0.05) is 13.1 Å². The first kappa shape index (κ1) is 15.7. The molecule has 0 bridgehead atoms. The van der Waals surface area contributed by atoms with Gasteiger partial charge < -0.3 is 15.7 Å². The van der Waals surface area contributed by atoms with Crippen LogP contribution in [-0.4, -0.2) is 23.6 Å². The van der Waals surface area contributed by atoms with Gasteiger partial charge in [0.15, 0.2) is 0 Å². The van der Waals surface area contributed by atoms with E-state index in [2.05, 4.69) is 17.6 Å². The van der Waals surface area contributed by atoms with Crippen LogP contribution in [0.25, 0.3) is 0 Å². The summed E-state index contributed by atoms with van der Waals surface area (Å²) in [6, 6.07) is 7.50. The molecule has 0 saturated heterocycles. The highest BCUT2D eigenvalue weighted by Crippen LogP contribution is 2.05. The molecule has 4 heteroatoms. The first-order valence-corrected chi connectivity index (χ1v) is 6.87. The van der Waals surface area contributed by atoms with Crippen molar-refractivity contribution in [2.45, 2.75) is 45.9 Å². The van der Waals surface area contributed by atoms with Crippen molar-refractivity contribution in [3.8, 4) is 0 Å². The summed E-state index contributed by atoms with van der Waals surface area (Å²) < 4.78 is 0. The van der Waals surface area contributed by atoms with E-state index in [1.165, 1.54) is 0 Å². The van der Waals surface area contributed by atoms with E-state index in [9.17, 15) is 4.79 Å². The van der Waals surface area contributed by atoms with Crippen LogP contribution in [0.2, 0.25) is 0 Å². The molecule has 1 amide bonds. The molecule has 0 radical (unpaired) electrons. The summed E-state index contributed by atoms with van der Waals surface area (Å²) in [5.74, 6) is 0.0340. The predicted molar refractivity (Wildman–Crippen MR) is 76.6 cm³/mol. The summed E-state index contributed by atoms with van der Waals surface area (Å²) in [4.78, 5) is 11.7. The average molecular weight is 264 g/mol. The van der Waals surface area contributed by atoms with Gasteiger partial charge in [0.25, 0.3) is 0 Å².